The minimum atomic E-state index is -0.376. The molecule has 0 unspecified atom stereocenters. The van der Waals surface area contributed by atoms with Gasteiger partial charge in [-0.2, -0.15) is 4.68 Å². The topological polar surface area (TPSA) is 66.6 Å². The number of carbonyl (C=O) groups excluding carboxylic acids is 1. The van der Waals surface area contributed by atoms with Crippen LogP contribution in [0.4, 0.5) is 5.69 Å². The molecule has 4 rings (SSSR count). The largest absolute Gasteiger partial charge is 0.492 e. The monoisotopic (exact) mass is 457 g/mol. The van der Waals surface area contributed by atoms with E-state index >= 15 is 0 Å². The smallest absolute Gasteiger partial charge is 0.271 e. The molecule has 0 saturated heterocycles. The van der Waals surface area contributed by atoms with Gasteiger partial charge < -0.3 is 5.11 Å². The molecule has 1 aliphatic heterocycles. The van der Waals surface area contributed by atoms with Crippen molar-refractivity contribution in [2.75, 3.05) is 5.43 Å². The summed E-state index contributed by atoms with van der Waals surface area (Å²) in [4.78, 5) is 17.4. The maximum absolute atomic E-state index is 12.5. The van der Waals surface area contributed by atoms with E-state index in [0.29, 0.717) is 18.9 Å². The molecule has 5 nitrogen and oxygen atoms in total. The fourth-order valence-corrected chi connectivity index (χ4v) is 4.32. The third-order valence-corrected chi connectivity index (χ3v) is 5.99. The van der Waals surface area contributed by atoms with E-state index in [1.54, 1.807) is 24.4 Å². The van der Waals surface area contributed by atoms with Gasteiger partial charge in [0.15, 0.2) is 3.95 Å². The molecular weight excluding hydrogens is 446 g/mol. The normalized spacial score (nSPS) is 13.7. The molecule has 1 aliphatic rings. The molecule has 2 heterocycles. The highest BCUT2D eigenvalue weighted by Crippen LogP contribution is 2.35. The summed E-state index contributed by atoms with van der Waals surface area (Å²) in [6.45, 7) is 0. The van der Waals surface area contributed by atoms with Crippen LogP contribution in [0, 0.1) is 3.95 Å². The Labute approximate surface area is 172 Å². The first-order valence-electron chi connectivity index (χ1n) is 7.90. The first kappa shape index (κ1) is 17.8. The number of allylic oxidation sites excluding steroid dienone is 1. The maximum atomic E-state index is 12.5. The van der Waals surface area contributed by atoms with Gasteiger partial charge in [-0.05, 0) is 52.4 Å². The van der Waals surface area contributed by atoms with Crippen LogP contribution in [0.1, 0.15) is 20.8 Å². The van der Waals surface area contributed by atoms with Crippen LogP contribution in [0.25, 0.3) is 11.6 Å². The van der Waals surface area contributed by atoms with Gasteiger partial charge >= 0.3 is 0 Å². The lowest BCUT2D eigenvalue weighted by atomic mass is 10.1. The van der Waals surface area contributed by atoms with Crippen LogP contribution >= 0.6 is 39.5 Å². The first-order valence-corrected chi connectivity index (χ1v) is 9.92. The van der Waals surface area contributed by atoms with E-state index in [1.807, 2.05) is 36.4 Å². The van der Waals surface area contributed by atoms with Gasteiger partial charge in [0.25, 0.3) is 5.91 Å². The highest BCUT2D eigenvalue weighted by Gasteiger charge is 2.17. The number of nitrogens with one attached hydrogen (secondary N) is 1. The number of aliphatic imine (C=N–C) groups is 1. The van der Waals surface area contributed by atoms with Crippen molar-refractivity contribution in [3.8, 4) is 5.88 Å². The summed E-state index contributed by atoms with van der Waals surface area (Å²) < 4.78 is 2.21. The molecule has 2 aromatic carbocycles. The SMILES string of the molecule is O=C(Nn1c(O)c(/C=C2\C=Nc3ccccc32)sc1=S)c1ccccc1Br. The lowest BCUT2D eigenvalue weighted by molar-refractivity contribution is 0.100. The summed E-state index contributed by atoms with van der Waals surface area (Å²) in [5.41, 5.74) is 5.83. The molecule has 27 heavy (non-hydrogen) atoms. The van der Waals surface area contributed by atoms with Crippen molar-refractivity contribution in [1.29, 1.82) is 0 Å². The third kappa shape index (κ3) is 3.39. The number of fused-ring (bicyclic) bond motifs is 1. The van der Waals surface area contributed by atoms with Crippen molar-refractivity contribution >= 4 is 68.9 Å². The van der Waals surface area contributed by atoms with Crippen molar-refractivity contribution < 1.29 is 9.90 Å². The van der Waals surface area contributed by atoms with Crippen molar-refractivity contribution in [2.24, 2.45) is 4.99 Å². The zero-order valence-corrected chi connectivity index (χ0v) is 16.9. The highest BCUT2D eigenvalue weighted by molar-refractivity contribution is 9.10. The average Bonchev–Trinajstić information content (AvgIpc) is 3.19. The van der Waals surface area contributed by atoms with Gasteiger partial charge in [-0.1, -0.05) is 41.7 Å². The van der Waals surface area contributed by atoms with E-state index < -0.39 is 0 Å². The molecule has 0 aliphatic carbocycles. The zero-order valence-electron chi connectivity index (χ0n) is 13.7. The summed E-state index contributed by atoms with van der Waals surface area (Å²) >= 11 is 9.87. The molecule has 0 fully saturated rings. The second-order valence-corrected chi connectivity index (χ2v) is 8.22. The minimum absolute atomic E-state index is 0.115. The van der Waals surface area contributed by atoms with E-state index in [-0.39, 0.29) is 11.8 Å². The second-order valence-electron chi connectivity index (χ2n) is 5.69. The van der Waals surface area contributed by atoms with E-state index in [9.17, 15) is 9.90 Å². The predicted octanol–water partition coefficient (Wildman–Crippen LogP) is 5.39. The van der Waals surface area contributed by atoms with E-state index in [2.05, 4.69) is 26.3 Å². The number of hydrogen-bond acceptors (Lipinski definition) is 5. The maximum Gasteiger partial charge on any atom is 0.271 e. The van der Waals surface area contributed by atoms with Crippen molar-refractivity contribution in [1.82, 2.24) is 4.68 Å². The Balaban J connectivity index is 1.67. The summed E-state index contributed by atoms with van der Waals surface area (Å²) in [5, 5.41) is 10.6. The van der Waals surface area contributed by atoms with Crippen LogP contribution in [0.5, 0.6) is 5.88 Å². The molecule has 0 spiro atoms. The summed E-state index contributed by atoms with van der Waals surface area (Å²) in [5.74, 6) is -0.491. The Morgan fingerprint density at radius 3 is 2.78 bits per heavy atom. The molecule has 1 amide bonds. The third-order valence-electron chi connectivity index (χ3n) is 3.99. The standard InChI is InChI=1S/C19H12BrN3O2S2/c20-14-7-3-1-6-13(14)17(24)22-23-18(25)16(27-19(23)26)9-11-10-21-15-8-4-2-5-12(11)15/h1-10,25H,(H,22,24)/b11-9+. The number of nitrogens with zero attached hydrogens (tertiary/aromatic N) is 2. The van der Waals surface area contributed by atoms with E-state index in [4.69, 9.17) is 12.2 Å². The van der Waals surface area contributed by atoms with E-state index in [0.717, 1.165) is 16.8 Å². The van der Waals surface area contributed by atoms with Gasteiger partial charge in [-0.3, -0.25) is 15.2 Å². The number of benzene rings is 2. The van der Waals surface area contributed by atoms with Crippen LogP contribution in [0.2, 0.25) is 0 Å². The summed E-state index contributed by atoms with van der Waals surface area (Å²) in [6, 6.07) is 14.8. The first-order chi connectivity index (χ1) is 13.0. The van der Waals surface area contributed by atoms with Crippen LogP contribution in [-0.2, 0) is 0 Å². The molecule has 0 bridgehead atoms. The number of halogens is 1. The molecule has 0 atom stereocenters. The van der Waals surface area contributed by atoms with Gasteiger partial charge in [-0.25, -0.2) is 0 Å². The Hall–Kier alpha value is -2.55. The molecular formula is C19H12BrN3O2S2. The fourth-order valence-electron chi connectivity index (χ4n) is 2.68. The van der Waals surface area contributed by atoms with Gasteiger partial charge in [0.05, 0.1) is 16.1 Å². The summed E-state index contributed by atoms with van der Waals surface area (Å²) in [7, 11) is 0. The zero-order chi connectivity index (χ0) is 19.0. The molecule has 2 N–H and O–H groups in total. The Kier molecular flexibility index (Phi) is 4.77. The second kappa shape index (κ2) is 7.22. The van der Waals surface area contributed by atoms with E-state index in [1.165, 1.54) is 16.0 Å². The van der Waals surface area contributed by atoms with Gasteiger partial charge in [-0.15, -0.1) is 0 Å². The lowest BCUT2D eigenvalue weighted by Crippen LogP contribution is -2.22. The van der Waals surface area contributed by atoms with Crippen LogP contribution in [0.3, 0.4) is 0 Å². The Bertz CT molecular complexity index is 1180. The fraction of sp³-hybridized carbons (Fsp3) is 0. The highest BCUT2D eigenvalue weighted by atomic mass is 79.9. The molecule has 134 valence electrons. The van der Waals surface area contributed by atoms with Gasteiger partial charge in [0.2, 0.25) is 5.88 Å². The molecule has 0 radical (unpaired) electrons. The Morgan fingerprint density at radius 2 is 1.96 bits per heavy atom. The van der Waals surface area contributed by atoms with Crippen LogP contribution < -0.4 is 5.43 Å². The molecule has 0 saturated carbocycles. The van der Waals surface area contributed by atoms with Crippen molar-refractivity contribution in [2.45, 2.75) is 0 Å². The quantitative estimate of drug-likeness (QED) is 0.518. The minimum Gasteiger partial charge on any atom is -0.492 e. The van der Waals surface area contributed by atoms with Gasteiger partial charge in [0.1, 0.15) is 0 Å². The van der Waals surface area contributed by atoms with Gasteiger partial charge in [0, 0.05) is 21.8 Å². The number of amides is 1. The molecule has 1 aromatic heterocycles. The number of aromatic hydroxyl groups is 1. The predicted molar refractivity (Wildman–Crippen MR) is 115 cm³/mol. The van der Waals surface area contributed by atoms with Crippen molar-refractivity contribution in [3.63, 3.8) is 0 Å². The molecule has 8 heteroatoms. The number of hydrogen-bond donors (Lipinski definition) is 2. The number of carbonyl (C=O) groups is 1. The van der Waals surface area contributed by atoms with Crippen LogP contribution in [0.15, 0.2) is 58.0 Å². The van der Waals surface area contributed by atoms with Crippen molar-refractivity contribution in [3.05, 3.63) is 73.0 Å². The number of aromatic nitrogens is 1. The Morgan fingerprint density at radius 1 is 1.22 bits per heavy atom. The number of para-hydroxylation sites is 1. The number of thiazole rings is 1. The van der Waals surface area contributed by atoms with Crippen LogP contribution in [-0.4, -0.2) is 21.9 Å². The lowest BCUT2D eigenvalue weighted by Gasteiger charge is -2.08. The molecule has 3 aromatic rings. The number of rotatable bonds is 3. The average molecular weight is 458 g/mol. The summed E-state index contributed by atoms with van der Waals surface area (Å²) in [6.07, 6.45) is 3.56.